The van der Waals surface area contributed by atoms with Gasteiger partial charge in [0.1, 0.15) is 6.04 Å². The molecular formula is C24H29N3O4. The van der Waals surface area contributed by atoms with E-state index in [1.54, 1.807) is 12.1 Å². The molecule has 0 aromatic heterocycles. The first-order valence-corrected chi connectivity index (χ1v) is 10.8. The first-order valence-electron chi connectivity index (χ1n) is 10.8. The molecule has 2 aliphatic rings. The fourth-order valence-electron chi connectivity index (χ4n) is 3.95. The molecule has 2 aliphatic heterocycles. The number of benzene rings is 2. The van der Waals surface area contributed by atoms with Crippen molar-refractivity contribution in [3.8, 4) is 11.5 Å². The third-order valence-corrected chi connectivity index (χ3v) is 5.78. The van der Waals surface area contributed by atoms with E-state index in [9.17, 15) is 9.59 Å². The first-order chi connectivity index (χ1) is 15.0. The number of nitrogens with one attached hydrogen (secondary N) is 1. The van der Waals surface area contributed by atoms with E-state index >= 15 is 0 Å². The summed E-state index contributed by atoms with van der Waals surface area (Å²) in [6, 6.07) is 14.5. The molecular weight excluding hydrogens is 394 g/mol. The Morgan fingerprint density at radius 2 is 1.68 bits per heavy atom. The van der Waals surface area contributed by atoms with Gasteiger partial charge in [0.15, 0.2) is 11.5 Å². The highest BCUT2D eigenvalue weighted by molar-refractivity contribution is 5.97. The van der Waals surface area contributed by atoms with Gasteiger partial charge in [-0.2, -0.15) is 0 Å². The Hall–Kier alpha value is -3.06. The van der Waals surface area contributed by atoms with Crippen molar-refractivity contribution in [1.29, 1.82) is 0 Å². The van der Waals surface area contributed by atoms with Crippen molar-refractivity contribution in [3.63, 3.8) is 0 Å². The number of fused-ring (bicyclic) bond motifs is 1. The van der Waals surface area contributed by atoms with Crippen LogP contribution in [0.5, 0.6) is 11.5 Å². The zero-order valence-electron chi connectivity index (χ0n) is 18.0. The normalized spacial score (nSPS) is 16.9. The van der Waals surface area contributed by atoms with Crippen LogP contribution in [0.3, 0.4) is 0 Å². The van der Waals surface area contributed by atoms with Crippen LogP contribution >= 0.6 is 0 Å². The van der Waals surface area contributed by atoms with Gasteiger partial charge in [-0.25, -0.2) is 0 Å². The summed E-state index contributed by atoms with van der Waals surface area (Å²) in [7, 11) is 0. The van der Waals surface area contributed by atoms with Crippen LogP contribution in [0, 0.1) is 5.92 Å². The average molecular weight is 424 g/mol. The molecule has 2 amide bonds. The molecule has 1 N–H and O–H groups in total. The Kier molecular flexibility index (Phi) is 6.42. The highest BCUT2D eigenvalue weighted by Gasteiger charge is 2.31. The van der Waals surface area contributed by atoms with Crippen molar-refractivity contribution in [3.05, 3.63) is 59.7 Å². The van der Waals surface area contributed by atoms with Crippen LogP contribution in [-0.4, -0.2) is 60.6 Å². The van der Waals surface area contributed by atoms with Crippen LogP contribution in [0.15, 0.2) is 48.5 Å². The van der Waals surface area contributed by atoms with Gasteiger partial charge in [0.05, 0.1) is 0 Å². The quantitative estimate of drug-likeness (QED) is 0.773. The molecule has 2 heterocycles. The molecule has 1 unspecified atom stereocenters. The minimum absolute atomic E-state index is 0.00632. The lowest BCUT2D eigenvalue weighted by Gasteiger charge is -2.37. The van der Waals surface area contributed by atoms with Crippen molar-refractivity contribution in [2.75, 3.05) is 33.0 Å². The molecule has 0 saturated carbocycles. The minimum atomic E-state index is -0.534. The molecule has 31 heavy (non-hydrogen) atoms. The standard InChI is InChI=1S/C24H29N3O4/c1-17(2)22(25-23(28)19-6-4-3-5-7-19)24(29)27-12-10-26(11-13-27)15-18-8-9-20-21(14-18)31-16-30-20/h3-9,14,17,22H,10-13,15-16H2,1-2H3,(H,25,28). The number of ether oxygens (including phenoxy) is 2. The van der Waals surface area contributed by atoms with Gasteiger partial charge in [0, 0.05) is 38.3 Å². The summed E-state index contributed by atoms with van der Waals surface area (Å²) in [4.78, 5) is 29.9. The topological polar surface area (TPSA) is 71.1 Å². The number of rotatable bonds is 6. The third-order valence-electron chi connectivity index (χ3n) is 5.78. The van der Waals surface area contributed by atoms with E-state index < -0.39 is 6.04 Å². The molecule has 4 rings (SSSR count). The number of piperazine rings is 1. The number of amides is 2. The van der Waals surface area contributed by atoms with Crippen molar-refractivity contribution < 1.29 is 19.1 Å². The van der Waals surface area contributed by atoms with Crippen LogP contribution in [0.25, 0.3) is 0 Å². The Labute approximate surface area is 182 Å². The second-order valence-corrected chi connectivity index (χ2v) is 8.35. The Morgan fingerprint density at radius 1 is 0.968 bits per heavy atom. The zero-order valence-corrected chi connectivity index (χ0v) is 18.0. The van der Waals surface area contributed by atoms with E-state index in [0.717, 1.165) is 31.1 Å². The van der Waals surface area contributed by atoms with Crippen LogP contribution in [0.1, 0.15) is 29.8 Å². The monoisotopic (exact) mass is 423 g/mol. The van der Waals surface area contributed by atoms with Gasteiger partial charge >= 0.3 is 0 Å². The molecule has 7 nitrogen and oxygen atoms in total. The Balaban J connectivity index is 1.32. The number of nitrogens with zero attached hydrogens (tertiary/aromatic N) is 2. The second-order valence-electron chi connectivity index (χ2n) is 8.35. The SMILES string of the molecule is CC(C)C(NC(=O)c1ccccc1)C(=O)N1CCN(Cc2ccc3c(c2)OCO3)CC1. The maximum absolute atomic E-state index is 13.2. The summed E-state index contributed by atoms with van der Waals surface area (Å²) in [5, 5.41) is 2.94. The lowest BCUT2D eigenvalue weighted by molar-refractivity contribution is -0.136. The molecule has 7 heteroatoms. The van der Waals surface area contributed by atoms with Crippen LogP contribution < -0.4 is 14.8 Å². The summed E-state index contributed by atoms with van der Waals surface area (Å²) in [6.07, 6.45) is 0. The summed E-state index contributed by atoms with van der Waals surface area (Å²) in [5.41, 5.74) is 1.73. The van der Waals surface area contributed by atoms with E-state index in [2.05, 4.69) is 16.3 Å². The molecule has 0 spiro atoms. The molecule has 0 bridgehead atoms. The molecule has 1 saturated heterocycles. The highest BCUT2D eigenvalue weighted by atomic mass is 16.7. The van der Waals surface area contributed by atoms with Crippen LogP contribution in [0.2, 0.25) is 0 Å². The summed E-state index contributed by atoms with van der Waals surface area (Å²) < 4.78 is 10.8. The van der Waals surface area contributed by atoms with E-state index in [0.29, 0.717) is 18.7 Å². The Bertz CT molecular complexity index is 924. The van der Waals surface area contributed by atoms with Gasteiger partial charge in [-0.05, 0) is 35.7 Å². The molecule has 1 fully saturated rings. The van der Waals surface area contributed by atoms with E-state index in [1.165, 1.54) is 5.56 Å². The van der Waals surface area contributed by atoms with Gasteiger partial charge in [-0.3, -0.25) is 14.5 Å². The molecule has 0 radical (unpaired) electrons. The average Bonchev–Trinajstić information content (AvgIpc) is 3.26. The zero-order chi connectivity index (χ0) is 21.8. The van der Waals surface area contributed by atoms with Crippen molar-refractivity contribution in [2.24, 2.45) is 5.92 Å². The number of hydrogen-bond acceptors (Lipinski definition) is 5. The van der Waals surface area contributed by atoms with E-state index in [-0.39, 0.29) is 24.5 Å². The van der Waals surface area contributed by atoms with Gasteiger partial charge in [-0.1, -0.05) is 38.1 Å². The number of carbonyl (C=O) groups is 2. The smallest absolute Gasteiger partial charge is 0.251 e. The van der Waals surface area contributed by atoms with Gasteiger partial charge in [0.2, 0.25) is 12.7 Å². The Morgan fingerprint density at radius 3 is 2.39 bits per heavy atom. The molecule has 164 valence electrons. The lowest BCUT2D eigenvalue weighted by atomic mass is 10.0. The summed E-state index contributed by atoms with van der Waals surface area (Å²) in [5.74, 6) is 1.36. The maximum Gasteiger partial charge on any atom is 0.251 e. The van der Waals surface area contributed by atoms with E-state index in [4.69, 9.17) is 9.47 Å². The summed E-state index contributed by atoms with van der Waals surface area (Å²) >= 11 is 0. The fraction of sp³-hybridized carbons (Fsp3) is 0.417. The molecule has 2 aromatic rings. The fourth-order valence-corrected chi connectivity index (χ4v) is 3.95. The van der Waals surface area contributed by atoms with Crippen molar-refractivity contribution in [2.45, 2.75) is 26.4 Å². The van der Waals surface area contributed by atoms with Gasteiger partial charge in [0.25, 0.3) is 5.91 Å². The van der Waals surface area contributed by atoms with Crippen LogP contribution in [-0.2, 0) is 11.3 Å². The molecule has 2 aromatic carbocycles. The van der Waals surface area contributed by atoms with Gasteiger partial charge in [-0.15, -0.1) is 0 Å². The highest BCUT2D eigenvalue weighted by Crippen LogP contribution is 2.32. The number of carbonyl (C=O) groups excluding carboxylic acids is 2. The maximum atomic E-state index is 13.2. The number of hydrogen-bond donors (Lipinski definition) is 1. The largest absolute Gasteiger partial charge is 0.454 e. The molecule has 0 aliphatic carbocycles. The van der Waals surface area contributed by atoms with Crippen molar-refractivity contribution in [1.82, 2.24) is 15.1 Å². The predicted molar refractivity (Wildman–Crippen MR) is 117 cm³/mol. The third kappa shape index (κ3) is 4.99. The van der Waals surface area contributed by atoms with Crippen LogP contribution in [0.4, 0.5) is 0 Å². The van der Waals surface area contributed by atoms with Crippen molar-refractivity contribution >= 4 is 11.8 Å². The summed E-state index contributed by atoms with van der Waals surface area (Å²) in [6.45, 7) is 7.87. The minimum Gasteiger partial charge on any atom is -0.454 e. The predicted octanol–water partition coefficient (Wildman–Crippen LogP) is 2.51. The van der Waals surface area contributed by atoms with Gasteiger partial charge < -0.3 is 19.7 Å². The van der Waals surface area contributed by atoms with E-state index in [1.807, 2.05) is 49.1 Å². The second kappa shape index (κ2) is 9.39. The molecule has 1 atom stereocenters. The lowest BCUT2D eigenvalue weighted by Crippen LogP contribution is -2.56. The first kappa shape index (κ1) is 21.2.